The summed E-state index contributed by atoms with van der Waals surface area (Å²) in [6, 6.07) is 8.80. The molecule has 0 unspecified atom stereocenters. The Balaban J connectivity index is 2.07. The van der Waals surface area contributed by atoms with Crippen LogP contribution in [-0.2, 0) is 0 Å². The molecule has 0 heterocycles. The van der Waals surface area contributed by atoms with Crippen molar-refractivity contribution < 1.29 is 0 Å². The van der Waals surface area contributed by atoms with Gasteiger partial charge in [-0.25, -0.2) is 0 Å². The molecule has 96 valence electrons. The van der Waals surface area contributed by atoms with Crippen molar-refractivity contribution in [3.63, 3.8) is 0 Å². The summed E-state index contributed by atoms with van der Waals surface area (Å²) in [5, 5.41) is 3.52. The van der Waals surface area contributed by atoms with E-state index in [2.05, 4.69) is 57.3 Å². The Labute approximate surface area is 110 Å². The highest BCUT2D eigenvalue weighted by atomic mass is 32.2. The van der Waals surface area contributed by atoms with Gasteiger partial charge in [-0.3, -0.25) is 0 Å². The van der Waals surface area contributed by atoms with Gasteiger partial charge in [0.05, 0.1) is 0 Å². The van der Waals surface area contributed by atoms with Crippen LogP contribution in [0.2, 0.25) is 0 Å². The molecule has 0 fully saturated rings. The molecule has 0 radical (unpaired) electrons. The maximum Gasteiger partial charge on any atom is 0.00965 e. The highest BCUT2D eigenvalue weighted by molar-refractivity contribution is 7.99. The van der Waals surface area contributed by atoms with Crippen LogP contribution in [0.3, 0.4) is 0 Å². The number of hydrogen-bond donors (Lipinski definition) is 1. The van der Waals surface area contributed by atoms with Gasteiger partial charge in [-0.1, -0.05) is 17.7 Å². The van der Waals surface area contributed by atoms with E-state index in [1.807, 2.05) is 11.8 Å². The molecule has 0 aliphatic heterocycles. The van der Waals surface area contributed by atoms with Gasteiger partial charge in [0.25, 0.3) is 0 Å². The maximum atomic E-state index is 3.52. The zero-order valence-electron chi connectivity index (χ0n) is 11.5. The average molecular weight is 251 g/mol. The molecule has 0 saturated carbocycles. The van der Waals surface area contributed by atoms with Crippen LogP contribution >= 0.6 is 11.8 Å². The summed E-state index contributed by atoms with van der Waals surface area (Å²) >= 11 is 1.96. The first-order chi connectivity index (χ1) is 7.97. The topological polar surface area (TPSA) is 12.0 Å². The number of hydrogen-bond acceptors (Lipinski definition) is 2. The maximum absolute atomic E-state index is 3.52. The molecule has 0 amide bonds. The minimum Gasteiger partial charge on any atom is -0.312 e. The summed E-state index contributed by atoms with van der Waals surface area (Å²) in [6.45, 7) is 9.90. The van der Waals surface area contributed by atoms with Gasteiger partial charge in [0.1, 0.15) is 0 Å². The van der Waals surface area contributed by atoms with Crippen molar-refractivity contribution >= 4 is 11.8 Å². The number of benzene rings is 1. The molecule has 1 aromatic carbocycles. The lowest BCUT2D eigenvalue weighted by molar-refractivity contribution is 0.421. The Bertz CT molecular complexity index is 311. The zero-order chi connectivity index (χ0) is 12.7. The molecule has 0 saturated heterocycles. The lowest BCUT2D eigenvalue weighted by Gasteiger charge is -2.20. The predicted molar refractivity (Wildman–Crippen MR) is 78.9 cm³/mol. The number of thioether (sulfide) groups is 1. The second kappa shape index (κ2) is 7.07. The first-order valence-corrected chi connectivity index (χ1v) is 7.40. The fourth-order valence-electron chi connectivity index (χ4n) is 1.51. The van der Waals surface area contributed by atoms with E-state index in [1.165, 1.54) is 29.1 Å². The van der Waals surface area contributed by atoms with Crippen molar-refractivity contribution in [2.24, 2.45) is 0 Å². The van der Waals surface area contributed by atoms with Crippen LogP contribution in [0, 0.1) is 6.92 Å². The summed E-state index contributed by atoms with van der Waals surface area (Å²) in [5.41, 5.74) is 1.59. The van der Waals surface area contributed by atoms with E-state index < -0.39 is 0 Å². The van der Waals surface area contributed by atoms with Crippen molar-refractivity contribution in [3.8, 4) is 0 Å². The third-order valence-corrected chi connectivity index (χ3v) is 3.61. The molecule has 1 rings (SSSR count). The van der Waals surface area contributed by atoms with Gasteiger partial charge in [0.15, 0.2) is 0 Å². The number of nitrogens with one attached hydrogen (secondary N) is 1. The molecular formula is C15H25NS. The minimum absolute atomic E-state index is 0.254. The quantitative estimate of drug-likeness (QED) is 0.599. The Morgan fingerprint density at radius 2 is 1.71 bits per heavy atom. The molecular weight excluding hydrogens is 226 g/mol. The smallest absolute Gasteiger partial charge is 0.00965 e. The van der Waals surface area contributed by atoms with Crippen LogP contribution < -0.4 is 5.32 Å². The minimum atomic E-state index is 0.254. The van der Waals surface area contributed by atoms with Gasteiger partial charge >= 0.3 is 0 Å². The van der Waals surface area contributed by atoms with Crippen LogP contribution in [0.5, 0.6) is 0 Å². The van der Waals surface area contributed by atoms with E-state index in [-0.39, 0.29) is 5.54 Å². The van der Waals surface area contributed by atoms with Gasteiger partial charge in [0.2, 0.25) is 0 Å². The molecule has 0 bridgehead atoms. The summed E-state index contributed by atoms with van der Waals surface area (Å²) < 4.78 is 0. The number of unbranched alkanes of at least 4 members (excludes halogenated alkanes) is 1. The highest BCUT2D eigenvalue weighted by Gasteiger charge is 2.06. The summed E-state index contributed by atoms with van der Waals surface area (Å²) in [7, 11) is 0. The van der Waals surface area contributed by atoms with E-state index in [4.69, 9.17) is 0 Å². The molecule has 0 aliphatic carbocycles. The first-order valence-electron chi connectivity index (χ1n) is 6.42. The fourth-order valence-corrected chi connectivity index (χ4v) is 2.43. The second-order valence-electron chi connectivity index (χ2n) is 5.55. The van der Waals surface area contributed by atoms with E-state index in [0.29, 0.717) is 0 Å². The Morgan fingerprint density at radius 1 is 1.06 bits per heavy atom. The molecule has 1 aromatic rings. The van der Waals surface area contributed by atoms with Gasteiger partial charge in [-0.2, -0.15) is 0 Å². The average Bonchev–Trinajstić information content (AvgIpc) is 2.24. The van der Waals surface area contributed by atoms with Crippen molar-refractivity contribution in [3.05, 3.63) is 29.8 Å². The molecule has 1 N–H and O–H groups in total. The van der Waals surface area contributed by atoms with Crippen LogP contribution in [0.4, 0.5) is 0 Å². The molecule has 0 aromatic heterocycles. The van der Waals surface area contributed by atoms with Gasteiger partial charge < -0.3 is 5.32 Å². The summed E-state index contributed by atoms with van der Waals surface area (Å²) in [6.07, 6.45) is 2.54. The van der Waals surface area contributed by atoms with E-state index in [0.717, 1.165) is 6.54 Å². The lowest BCUT2D eigenvalue weighted by Crippen LogP contribution is -2.36. The normalized spacial score (nSPS) is 11.8. The molecule has 0 spiro atoms. The largest absolute Gasteiger partial charge is 0.312 e. The standard InChI is InChI=1S/C15H25NS/c1-13-7-9-14(10-8-13)17-12-6-5-11-16-15(2,3)4/h7-10,16H,5-6,11-12H2,1-4H3. The van der Waals surface area contributed by atoms with Crippen molar-refractivity contribution in [1.82, 2.24) is 5.32 Å². The molecule has 0 aliphatic rings. The summed E-state index contributed by atoms with van der Waals surface area (Å²) in [4.78, 5) is 1.39. The van der Waals surface area contributed by atoms with Gasteiger partial charge in [-0.05, 0) is 65.0 Å². The van der Waals surface area contributed by atoms with Crippen molar-refractivity contribution in [1.29, 1.82) is 0 Å². The monoisotopic (exact) mass is 251 g/mol. The predicted octanol–water partition coefficient (Wildman–Crippen LogP) is 4.26. The second-order valence-corrected chi connectivity index (χ2v) is 6.71. The first kappa shape index (κ1) is 14.6. The third kappa shape index (κ3) is 7.45. The summed E-state index contributed by atoms with van der Waals surface area (Å²) in [5.74, 6) is 1.22. The zero-order valence-corrected chi connectivity index (χ0v) is 12.4. The Hall–Kier alpha value is -0.470. The van der Waals surface area contributed by atoms with Gasteiger partial charge in [0, 0.05) is 10.4 Å². The van der Waals surface area contributed by atoms with E-state index >= 15 is 0 Å². The Kier molecular flexibility index (Phi) is 6.07. The number of aryl methyl sites for hydroxylation is 1. The molecule has 0 atom stereocenters. The van der Waals surface area contributed by atoms with Crippen LogP contribution in [-0.4, -0.2) is 17.8 Å². The van der Waals surface area contributed by atoms with Crippen molar-refractivity contribution in [2.75, 3.05) is 12.3 Å². The SMILES string of the molecule is Cc1ccc(SCCCCNC(C)(C)C)cc1. The number of rotatable bonds is 6. The molecule has 1 nitrogen and oxygen atoms in total. The van der Waals surface area contributed by atoms with Crippen LogP contribution in [0.1, 0.15) is 39.2 Å². The third-order valence-electron chi connectivity index (χ3n) is 2.52. The van der Waals surface area contributed by atoms with Crippen molar-refractivity contribution in [2.45, 2.75) is 51.0 Å². The van der Waals surface area contributed by atoms with Crippen LogP contribution in [0.15, 0.2) is 29.2 Å². The van der Waals surface area contributed by atoms with E-state index in [1.54, 1.807) is 0 Å². The Morgan fingerprint density at radius 3 is 2.29 bits per heavy atom. The fraction of sp³-hybridized carbons (Fsp3) is 0.600. The van der Waals surface area contributed by atoms with Crippen LogP contribution in [0.25, 0.3) is 0 Å². The molecule has 17 heavy (non-hydrogen) atoms. The van der Waals surface area contributed by atoms with E-state index in [9.17, 15) is 0 Å². The lowest BCUT2D eigenvalue weighted by atomic mass is 10.1. The molecule has 2 heteroatoms. The van der Waals surface area contributed by atoms with Gasteiger partial charge in [-0.15, -0.1) is 11.8 Å². The highest BCUT2D eigenvalue weighted by Crippen LogP contribution is 2.19.